The van der Waals surface area contributed by atoms with E-state index in [-0.39, 0.29) is 12.2 Å². The van der Waals surface area contributed by atoms with Crippen molar-refractivity contribution in [2.24, 2.45) is 0 Å². The first-order chi connectivity index (χ1) is 23.8. The summed E-state index contributed by atoms with van der Waals surface area (Å²) >= 11 is 0. The van der Waals surface area contributed by atoms with Crippen LogP contribution in [0.3, 0.4) is 0 Å². The van der Waals surface area contributed by atoms with Crippen LogP contribution in [-0.2, 0) is 19.0 Å². The number of benzene rings is 2. The van der Waals surface area contributed by atoms with Crippen LogP contribution in [0.4, 0.5) is 10.2 Å². The number of halogens is 1. The molecule has 0 saturated carbocycles. The molecule has 264 valence electrons. The minimum atomic E-state index is -1.04. The molecule has 0 radical (unpaired) electrons. The number of piperidine rings is 1. The largest absolute Gasteiger partial charge is 0.477 e. The number of terminal acetylenes is 1. The Morgan fingerprint density at radius 1 is 1.16 bits per heavy atom. The van der Waals surface area contributed by atoms with Crippen molar-refractivity contribution in [2.45, 2.75) is 84.7 Å². The predicted molar refractivity (Wildman–Crippen MR) is 194 cm³/mol. The van der Waals surface area contributed by atoms with E-state index in [4.69, 9.17) is 35.5 Å². The van der Waals surface area contributed by atoms with Crippen LogP contribution in [0.5, 0.6) is 5.75 Å². The van der Waals surface area contributed by atoms with Crippen molar-refractivity contribution in [3.63, 3.8) is 0 Å². The molecular formula is C40H47FN4O5. The second-order valence-corrected chi connectivity index (χ2v) is 13.8. The number of fused-ring (bicyclic) bond motifs is 1. The highest BCUT2D eigenvalue weighted by molar-refractivity contribution is 5.81. The third-order valence-corrected chi connectivity index (χ3v) is 8.66. The van der Waals surface area contributed by atoms with E-state index in [0.29, 0.717) is 53.6 Å². The van der Waals surface area contributed by atoms with Gasteiger partial charge < -0.3 is 23.8 Å². The lowest BCUT2D eigenvalue weighted by Gasteiger charge is -2.41. The van der Waals surface area contributed by atoms with Crippen LogP contribution in [0.15, 0.2) is 61.2 Å². The fourth-order valence-corrected chi connectivity index (χ4v) is 6.16. The predicted octanol–water partition coefficient (Wildman–Crippen LogP) is 7.89. The smallest absolute Gasteiger partial charge is 0.340 e. The Morgan fingerprint density at radius 2 is 1.88 bits per heavy atom. The molecule has 4 aromatic rings. The average Bonchev–Trinajstić information content (AvgIpc) is 3.50. The van der Waals surface area contributed by atoms with Crippen molar-refractivity contribution in [1.29, 1.82) is 0 Å². The third kappa shape index (κ3) is 8.18. The van der Waals surface area contributed by atoms with Gasteiger partial charge in [-0.2, -0.15) is 9.61 Å². The quantitative estimate of drug-likeness (QED) is 0.0847. The van der Waals surface area contributed by atoms with Gasteiger partial charge in [0.25, 0.3) is 0 Å². The zero-order valence-electron chi connectivity index (χ0n) is 30.1. The Kier molecular flexibility index (Phi) is 11.0. The van der Waals surface area contributed by atoms with Gasteiger partial charge in [0.2, 0.25) is 0 Å². The highest BCUT2D eigenvalue weighted by Gasteiger charge is 2.38. The van der Waals surface area contributed by atoms with E-state index < -0.39 is 29.6 Å². The lowest BCUT2D eigenvalue weighted by molar-refractivity contribution is -0.166. The average molecular weight is 683 g/mol. The van der Waals surface area contributed by atoms with E-state index in [2.05, 4.69) is 24.3 Å². The summed E-state index contributed by atoms with van der Waals surface area (Å²) in [6.07, 6.45) is 7.25. The van der Waals surface area contributed by atoms with E-state index in [9.17, 15) is 9.18 Å². The molecule has 0 unspecified atom stereocenters. The zero-order chi connectivity index (χ0) is 36.2. The number of aromatic nitrogens is 3. The van der Waals surface area contributed by atoms with Crippen molar-refractivity contribution in [2.75, 3.05) is 31.2 Å². The van der Waals surface area contributed by atoms with E-state index in [1.54, 1.807) is 30.5 Å². The monoisotopic (exact) mass is 682 g/mol. The van der Waals surface area contributed by atoms with E-state index in [1.807, 2.05) is 58.0 Å². The Bertz CT molecular complexity index is 1900. The minimum absolute atomic E-state index is 0.209. The molecule has 1 fully saturated rings. The van der Waals surface area contributed by atoms with Crippen molar-refractivity contribution in [1.82, 2.24) is 14.6 Å². The Labute approximate surface area is 294 Å². The van der Waals surface area contributed by atoms with Gasteiger partial charge in [0.1, 0.15) is 17.4 Å². The van der Waals surface area contributed by atoms with Gasteiger partial charge in [-0.15, -0.1) is 13.0 Å². The third-order valence-electron chi connectivity index (χ3n) is 8.66. The lowest BCUT2D eigenvalue weighted by atomic mass is 9.92. The lowest BCUT2D eigenvalue weighted by Crippen LogP contribution is -2.45. The molecule has 2 aromatic heterocycles. The summed E-state index contributed by atoms with van der Waals surface area (Å²) in [5.74, 6) is 2.70. The highest BCUT2D eigenvalue weighted by Crippen LogP contribution is 2.39. The number of rotatable bonds is 12. The summed E-state index contributed by atoms with van der Waals surface area (Å²) in [5.41, 5.74) is 3.88. The molecule has 50 heavy (non-hydrogen) atoms. The van der Waals surface area contributed by atoms with Gasteiger partial charge in [-0.05, 0) is 85.1 Å². The number of ether oxygens (including phenoxy) is 4. The van der Waals surface area contributed by atoms with Gasteiger partial charge in [-0.1, -0.05) is 30.2 Å². The maximum Gasteiger partial charge on any atom is 0.340 e. The molecule has 3 heterocycles. The van der Waals surface area contributed by atoms with Crippen LogP contribution in [0.1, 0.15) is 71.7 Å². The van der Waals surface area contributed by atoms with Crippen molar-refractivity contribution < 1.29 is 28.1 Å². The number of nitrogens with zero attached hydrogens (tertiary/aromatic N) is 4. The molecule has 2 aromatic carbocycles. The number of anilines is 1. The molecular weight excluding hydrogens is 635 g/mol. The molecule has 1 aliphatic heterocycles. The summed E-state index contributed by atoms with van der Waals surface area (Å²) < 4.78 is 40.1. The van der Waals surface area contributed by atoms with Crippen molar-refractivity contribution in [3.05, 3.63) is 78.3 Å². The number of carbonyl (C=O) groups is 1. The van der Waals surface area contributed by atoms with Gasteiger partial charge in [0, 0.05) is 42.0 Å². The van der Waals surface area contributed by atoms with E-state index >= 15 is 0 Å². The SMILES string of the molecule is C#C[C@H](C)Oc1cc(F)ccc1-c1cccc(-c2cc3nc(C)c([C@H](OC(C)(C)C)C(=O)OCC)c(N4CCC(C)(OCC=C)CC4)n3n2)c1. The van der Waals surface area contributed by atoms with Crippen molar-refractivity contribution >= 4 is 17.4 Å². The molecule has 0 amide bonds. The van der Waals surface area contributed by atoms with Gasteiger partial charge >= 0.3 is 5.97 Å². The zero-order valence-corrected chi connectivity index (χ0v) is 30.1. The molecule has 0 aliphatic carbocycles. The standard InChI is InChI=1S/C40H47FN4O5/c1-10-22-48-40(9)18-20-44(21-19-40)37-35(36(38(46)47-12-3)50-39(6,7)8)27(5)42-34-25-32(43-45(34)37)29-15-13-14-28(23-29)31-17-16-30(41)24-33(31)49-26(4)11-2/h2,10,13-17,23-26,36H,1,12,18-22H2,3-9H3/t26-,36-/m0/s1. The van der Waals surface area contributed by atoms with E-state index in [0.717, 1.165) is 29.8 Å². The first-order valence-corrected chi connectivity index (χ1v) is 17.0. The molecule has 0 spiro atoms. The summed E-state index contributed by atoms with van der Waals surface area (Å²) in [7, 11) is 0. The molecule has 1 aliphatic rings. The fraction of sp³-hybridized carbons (Fsp3) is 0.425. The van der Waals surface area contributed by atoms with Gasteiger partial charge in [-0.25, -0.2) is 14.2 Å². The normalized spacial score (nSPS) is 15.7. The topological polar surface area (TPSA) is 87.4 Å². The summed E-state index contributed by atoms with van der Waals surface area (Å²) in [6.45, 7) is 19.0. The number of esters is 1. The van der Waals surface area contributed by atoms with Crippen LogP contribution in [0.2, 0.25) is 0 Å². The van der Waals surface area contributed by atoms with E-state index in [1.165, 1.54) is 12.1 Å². The van der Waals surface area contributed by atoms with Crippen LogP contribution < -0.4 is 9.64 Å². The Morgan fingerprint density at radius 3 is 2.54 bits per heavy atom. The van der Waals surface area contributed by atoms with Gasteiger partial charge in [0.15, 0.2) is 17.9 Å². The number of aryl methyl sites for hydroxylation is 1. The Balaban J connectivity index is 1.65. The molecule has 5 rings (SSSR count). The van der Waals surface area contributed by atoms with Crippen LogP contribution in [0.25, 0.3) is 28.0 Å². The molecule has 9 nitrogen and oxygen atoms in total. The maximum absolute atomic E-state index is 14.3. The van der Waals surface area contributed by atoms with Gasteiger partial charge in [-0.3, -0.25) is 0 Å². The minimum Gasteiger partial charge on any atom is -0.477 e. The molecule has 0 N–H and O–H groups in total. The first-order valence-electron chi connectivity index (χ1n) is 17.0. The molecule has 10 heteroatoms. The number of hydrogen-bond acceptors (Lipinski definition) is 8. The van der Waals surface area contributed by atoms with Crippen LogP contribution in [0, 0.1) is 25.1 Å². The highest BCUT2D eigenvalue weighted by atomic mass is 19.1. The second kappa shape index (κ2) is 15.0. The fourth-order valence-electron chi connectivity index (χ4n) is 6.16. The summed E-state index contributed by atoms with van der Waals surface area (Å²) in [6, 6.07) is 14.1. The summed E-state index contributed by atoms with van der Waals surface area (Å²) in [4.78, 5) is 20.8. The summed E-state index contributed by atoms with van der Waals surface area (Å²) in [5, 5.41) is 5.11. The van der Waals surface area contributed by atoms with Crippen molar-refractivity contribution in [3.8, 4) is 40.5 Å². The molecule has 0 bridgehead atoms. The molecule has 1 saturated heterocycles. The number of carbonyl (C=O) groups excluding carboxylic acids is 1. The van der Waals surface area contributed by atoms with Crippen LogP contribution in [-0.4, -0.2) is 64.2 Å². The first kappa shape index (κ1) is 36.6. The molecule has 2 atom stereocenters. The maximum atomic E-state index is 14.3. The van der Waals surface area contributed by atoms with Crippen LogP contribution >= 0.6 is 0 Å². The Hall–Kier alpha value is -4.72. The second-order valence-electron chi connectivity index (χ2n) is 13.8. The number of hydrogen-bond donors (Lipinski definition) is 0. The van der Waals surface area contributed by atoms with Gasteiger partial charge in [0.05, 0.1) is 35.7 Å².